The summed E-state index contributed by atoms with van der Waals surface area (Å²) in [6.07, 6.45) is 0. The fraction of sp³-hybridized carbons (Fsp3) is 0.133. The molecule has 0 bridgehead atoms. The van der Waals surface area contributed by atoms with Crippen LogP contribution in [-0.4, -0.2) is 5.97 Å². The van der Waals surface area contributed by atoms with Crippen molar-refractivity contribution < 1.29 is 22.7 Å². The van der Waals surface area contributed by atoms with Crippen molar-refractivity contribution in [3.05, 3.63) is 64.5 Å². The Morgan fingerprint density at radius 3 is 2.52 bits per heavy atom. The van der Waals surface area contributed by atoms with Gasteiger partial charge in [0.05, 0.1) is 11.3 Å². The van der Waals surface area contributed by atoms with Crippen LogP contribution in [0.2, 0.25) is 0 Å². The molecule has 0 aromatic heterocycles. The molecule has 0 aliphatic rings. The second-order valence-corrected chi connectivity index (χ2v) is 4.50. The summed E-state index contributed by atoms with van der Waals surface area (Å²) < 4.78 is 44.6. The number of halogens is 3. The first kappa shape index (κ1) is 14.9. The maximum atomic E-state index is 13.5. The largest absolute Gasteiger partial charge is 0.457 e. The molecule has 0 aliphatic carbocycles. The van der Waals surface area contributed by atoms with Crippen LogP contribution in [0.15, 0.2) is 30.3 Å². The summed E-state index contributed by atoms with van der Waals surface area (Å²) in [5.41, 5.74) is 5.42. The Morgan fingerprint density at radius 2 is 1.86 bits per heavy atom. The zero-order valence-electron chi connectivity index (χ0n) is 11.1. The third-order valence-corrected chi connectivity index (χ3v) is 2.97. The van der Waals surface area contributed by atoms with Crippen LogP contribution >= 0.6 is 0 Å². The lowest BCUT2D eigenvalue weighted by atomic mass is 10.1. The molecule has 6 heteroatoms. The first-order chi connectivity index (χ1) is 9.88. The van der Waals surface area contributed by atoms with Crippen LogP contribution in [0.3, 0.4) is 0 Å². The molecule has 3 nitrogen and oxygen atoms in total. The van der Waals surface area contributed by atoms with E-state index < -0.39 is 34.7 Å². The predicted molar refractivity (Wildman–Crippen MR) is 71.0 cm³/mol. The summed E-state index contributed by atoms with van der Waals surface area (Å²) in [6.45, 7) is 1.48. The van der Waals surface area contributed by atoms with Crippen molar-refractivity contribution in [1.82, 2.24) is 0 Å². The topological polar surface area (TPSA) is 52.3 Å². The van der Waals surface area contributed by atoms with E-state index in [-0.39, 0.29) is 6.61 Å². The molecular formula is C15H12F3NO2. The smallest absolute Gasteiger partial charge is 0.341 e. The van der Waals surface area contributed by atoms with Gasteiger partial charge in [0, 0.05) is 6.07 Å². The van der Waals surface area contributed by atoms with Crippen LogP contribution in [0.5, 0.6) is 0 Å². The number of carbonyl (C=O) groups is 1. The Balaban J connectivity index is 2.13. The van der Waals surface area contributed by atoms with E-state index in [0.29, 0.717) is 17.2 Å². The second kappa shape index (κ2) is 5.87. The number of anilines is 1. The molecule has 110 valence electrons. The number of nitrogen functional groups attached to an aromatic ring is 1. The predicted octanol–water partition coefficient (Wildman–Crippen LogP) is 3.35. The highest BCUT2D eigenvalue weighted by Gasteiger charge is 2.17. The van der Waals surface area contributed by atoms with Gasteiger partial charge in [-0.3, -0.25) is 0 Å². The Labute approximate surface area is 119 Å². The molecule has 0 radical (unpaired) electrons. The number of esters is 1. The van der Waals surface area contributed by atoms with Crippen LogP contribution in [0.1, 0.15) is 21.5 Å². The van der Waals surface area contributed by atoms with Crippen molar-refractivity contribution in [2.45, 2.75) is 13.5 Å². The van der Waals surface area contributed by atoms with E-state index >= 15 is 0 Å². The summed E-state index contributed by atoms with van der Waals surface area (Å²) in [5.74, 6) is -3.29. The minimum absolute atomic E-state index is 0.170. The van der Waals surface area contributed by atoms with E-state index in [0.717, 1.165) is 6.07 Å². The van der Waals surface area contributed by atoms with Crippen molar-refractivity contribution in [2.24, 2.45) is 0 Å². The standard InChI is InChI=1S/C15H12F3NO2/c1-8-4-10(16)3-2-9(8)7-21-15(20)11-5-13(18)14(19)6-12(11)17/h2-6H,7,19H2,1H3. The van der Waals surface area contributed by atoms with Gasteiger partial charge in [0.1, 0.15) is 24.1 Å². The zero-order valence-corrected chi connectivity index (χ0v) is 11.1. The lowest BCUT2D eigenvalue weighted by Gasteiger charge is -2.09. The minimum Gasteiger partial charge on any atom is -0.457 e. The highest BCUT2D eigenvalue weighted by molar-refractivity contribution is 5.90. The van der Waals surface area contributed by atoms with Crippen molar-refractivity contribution in [2.75, 3.05) is 5.73 Å². The molecule has 0 saturated heterocycles. The van der Waals surface area contributed by atoms with Gasteiger partial charge in [-0.2, -0.15) is 0 Å². The Bertz CT molecular complexity index is 702. The molecule has 2 aromatic rings. The lowest BCUT2D eigenvalue weighted by Crippen LogP contribution is -2.10. The zero-order chi connectivity index (χ0) is 15.6. The van der Waals surface area contributed by atoms with Crippen LogP contribution in [0.4, 0.5) is 18.9 Å². The molecular weight excluding hydrogens is 283 g/mol. The summed E-state index contributed by atoms with van der Waals surface area (Å²) in [7, 11) is 0. The average Bonchev–Trinajstić information content (AvgIpc) is 2.41. The number of hydrogen-bond acceptors (Lipinski definition) is 3. The van der Waals surface area contributed by atoms with Gasteiger partial charge in [-0.15, -0.1) is 0 Å². The molecule has 21 heavy (non-hydrogen) atoms. The van der Waals surface area contributed by atoms with E-state index in [9.17, 15) is 18.0 Å². The van der Waals surface area contributed by atoms with Crippen LogP contribution in [0, 0.1) is 24.4 Å². The molecule has 2 aromatic carbocycles. The van der Waals surface area contributed by atoms with Gasteiger partial charge in [-0.1, -0.05) is 6.07 Å². The maximum Gasteiger partial charge on any atom is 0.341 e. The SMILES string of the molecule is Cc1cc(F)ccc1COC(=O)c1cc(F)c(N)cc1F. The van der Waals surface area contributed by atoms with Crippen molar-refractivity contribution >= 4 is 11.7 Å². The van der Waals surface area contributed by atoms with Gasteiger partial charge in [-0.05, 0) is 36.2 Å². The van der Waals surface area contributed by atoms with Gasteiger partial charge in [-0.25, -0.2) is 18.0 Å². The van der Waals surface area contributed by atoms with Gasteiger partial charge in [0.2, 0.25) is 0 Å². The van der Waals surface area contributed by atoms with Gasteiger partial charge in [0.25, 0.3) is 0 Å². The number of ether oxygens (including phenoxy) is 1. The quantitative estimate of drug-likeness (QED) is 0.698. The molecule has 0 amide bonds. The Morgan fingerprint density at radius 1 is 1.14 bits per heavy atom. The molecule has 0 aliphatic heterocycles. The number of hydrogen-bond donors (Lipinski definition) is 1. The molecule has 0 heterocycles. The number of rotatable bonds is 3. The Hall–Kier alpha value is -2.50. The average molecular weight is 295 g/mol. The maximum absolute atomic E-state index is 13.5. The van der Waals surface area contributed by atoms with Crippen LogP contribution < -0.4 is 5.73 Å². The molecule has 0 atom stereocenters. The molecule has 0 fully saturated rings. The summed E-state index contributed by atoms with van der Waals surface area (Å²) in [4.78, 5) is 11.7. The van der Waals surface area contributed by atoms with Crippen LogP contribution in [0.25, 0.3) is 0 Å². The fourth-order valence-electron chi connectivity index (χ4n) is 1.76. The number of benzene rings is 2. The third-order valence-electron chi connectivity index (χ3n) is 2.97. The van der Waals surface area contributed by atoms with E-state index in [1.54, 1.807) is 6.92 Å². The van der Waals surface area contributed by atoms with Crippen molar-refractivity contribution in [3.63, 3.8) is 0 Å². The van der Waals surface area contributed by atoms with Crippen molar-refractivity contribution in [3.8, 4) is 0 Å². The fourth-order valence-corrected chi connectivity index (χ4v) is 1.76. The second-order valence-electron chi connectivity index (χ2n) is 4.50. The molecule has 2 rings (SSSR count). The van der Waals surface area contributed by atoms with E-state index in [1.807, 2.05) is 0 Å². The summed E-state index contributed by atoms with van der Waals surface area (Å²) >= 11 is 0. The third kappa shape index (κ3) is 3.34. The number of nitrogens with two attached hydrogens (primary N) is 1. The van der Waals surface area contributed by atoms with E-state index in [2.05, 4.69) is 0 Å². The van der Waals surface area contributed by atoms with E-state index in [1.165, 1.54) is 18.2 Å². The minimum atomic E-state index is -1.02. The lowest BCUT2D eigenvalue weighted by molar-refractivity contribution is 0.0466. The Kier molecular flexibility index (Phi) is 4.16. The van der Waals surface area contributed by atoms with E-state index in [4.69, 9.17) is 10.5 Å². The van der Waals surface area contributed by atoms with Gasteiger partial charge < -0.3 is 10.5 Å². The van der Waals surface area contributed by atoms with Crippen molar-refractivity contribution in [1.29, 1.82) is 0 Å². The molecule has 0 unspecified atom stereocenters. The first-order valence-corrected chi connectivity index (χ1v) is 6.05. The monoisotopic (exact) mass is 295 g/mol. The van der Waals surface area contributed by atoms with Crippen LogP contribution in [-0.2, 0) is 11.3 Å². The molecule has 0 spiro atoms. The van der Waals surface area contributed by atoms with Gasteiger partial charge >= 0.3 is 5.97 Å². The highest BCUT2D eigenvalue weighted by Crippen LogP contribution is 2.18. The highest BCUT2D eigenvalue weighted by atomic mass is 19.1. The first-order valence-electron chi connectivity index (χ1n) is 6.05. The molecule has 2 N–H and O–H groups in total. The summed E-state index contributed by atoms with van der Waals surface area (Å²) in [5, 5.41) is 0. The van der Waals surface area contributed by atoms with Gasteiger partial charge in [0.15, 0.2) is 0 Å². The normalized spacial score (nSPS) is 10.5. The molecule has 0 saturated carbocycles. The number of aryl methyl sites for hydroxylation is 1. The number of carbonyl (C=O) groups excluding carboxylic acids is 1. The summed E-state index contributed by atoms with van der Waals surface area (Å²) in [6, 6.07) is 5.36.